The highest BCUT2D eigenvalue weighted by Crippen LogP contribution is 2.33. The van der Waals surface area contributed by atoms with Crippen LogP contribution in [0.1, 0.15) is 12.8 Å². The van der Waals surface area contributed by atoms with Crippen LogP contribution in [0, 0.1) is 23.1 Å². The van der Waals surface area contributed by atoms with Gasteiger partial charge >= 0.3 is 0 Å². The van der Waals surface area contributed by atoms with Crippen LogP contribution in [0.5, 0.6) is 0 Å². The first-order valence-electron chi connectivity index (χ1n) is 5.31. The minimum atomic E-state index is -3.97. The van der Waals surface area contributed by atoms with Crippen molar-refractivity contribution in [1.82, 2.24) is 4.72 Å². The molecule has 0 heterocycles. The van der Waals surface area contributed by atoms with Crippen LogP contribution < -0.4 is 4.72 Å². The smallest absolute Gasteiger partial charge is 0.207 e. The Bertz CT molecular complexity index is 608. The monoisotopic (exact) mass is 288 g/mol. The Hall–Kier alpha value is -1.16. The Morgan fingerprint density at radius 2 is 2.17 bits per heavy atom. The van der Waals surface area contributed by atoms with Crippen molar-refractivity contribution >= 4 is 21.6 Å². The van der Waals surface area contributed by atoms with Gasteiger partial charge in [0.1, 0.15) is 16.8 Å². The first kappa shape index (κ1) is 13.3. The van der Waals surface area contributed by atoms with E-state index in [1.807, 2.05) is 6.07 Å². The Labute approximate surface area is 109 Å². The van der Waals surface area contributed by atoms with Gasteiger partial charge in [0.2, 0.25) is 10.0 Å². The van der Waals surface area contributed by atoms with E-state index in [0.717, 1.165) is 25.0 Å². The molecular formula is C11H10ClFN2O2S. The SMILES string of the molecule is N#CC(NS(=O)(=O)c1cc(F)ccc1Cl)C1CC1. The zero-order valence-corrected chi connectivity index (χ0v) is 10.8. The molecule has 7 heteroatoms. The average molecular weight is 289 g/mol. The molecule has 4 nitrogen and oxygen atoms in total. The van der Waals surface area contributed by atoms with Crippen LogP contribution in [0.4, 0.5) is 4.39 Å². The summed E-state index contributed by atoms with van der Waals surface area (Å²) in [6.07, 6.45) is 1.63. The highest BCUT2D eigenvalue weighted by molar-refractivity contribution is 7.89. The topological polar surface area (TPSA) is 70.0 Å². The zero-order chi connectivity index (χ0) is 13.3. The fraction of sp³-hybridized carbons (Fsp3) is 0.364. The first-order valence-corrected chi connectivity index (χ1v) is 7.17. The van der Waals surface area contributed by atoms with Crippen LogP contribution >= 0.6 is 11.6 Å². The molecule has 2 rings (SSSR count). The summed E-state index contributed by atoms with van der Waals surface area (Å²) in [5, 5.41) is 8.81. The highest BCUT2D eigenvalue weighted by atomic mass is 35.5. The van der Waals surface area contributed by atoms with Crippen molar-refractivity contribution in [2.24, 2.45) is 5.92 Å². The van der Waals surface area contributed by atoms with Crippen molar-refractivity contribution in [3.05, 3.63) is 29.0 Å². The number of halogens is 2. The lowest BCUT2D eigenvalue weighted by Gasteiger charge is -2.12. The number of rotatable bonds is 4. The third kappa shape index (κ3) is 2.80. The lowest BCUT2D eigenvalue weighted by molar-refractivity contribution is 0.557. The standard InChI is InChI=1S/C11H10ClFN2O2S/c12-9-4-3-8(13)5-11(9)18(16,17)15-10(6-14)7-1-2-7/h3-5,7,10,15H,1-2H2. The largest absolute Gasteiger partial charge is 0.243 e. The number of hydrogen-bond donors (Lipinski definition) is 1. The van der Waals surface area contributed by atoms with Crippen molar-refractivity contribution in [3.63, 3.8) is 0 Å². The van der Waals surface area contributed by atoms with Crippen LogP contribution in [0.25, 0.3) is 0 Å². The third-order valence-corrected chi connectivity index (χ3v) is 4.62. The number of nitrogens with zero attached hydrogens (tertiary/aromatic N) is 1. The highest BCUT2D eigenvalue weighted by Gasteiger charge is 2.35. The molecule has 1 N–H and O–H groups in total. The summed E-state index contributed by atoms with van der Waals surface area (Å²) in [6.45, 7) is 0. The van der Waals surface area contributed by atoms with Gasteiger partial charge in [-0.2, -0.15) is 9.98 Å². The third-order valence-electron chi connectivity index (χ3n) is 2.70. The van der Waals surface area contributed by atoms with Gasteiger partial charge in [0, 0.05) is 0 Å². The lowest BCUT2D eigenvalue weighted by Crippen LogP contribution is -2.35. The predicted octanol–water partition coefficient (Wildman–Crippen LogP) is 2.06. The maximum Gasteiger partial charge on any atom is 0.243 e. The molecular weight excluding hydrogens is 279 g/mol. The van der Waals surface area contributed by atoms with Gasteiger partial charge in [-0.25, -0.2) is 12.8 Å². The predicted molar refractivity (Wildman–Crippen MR) is 63.9 cm³/mol. The number of nitrogens with one attached hydrogen (secondary N) is 1. The van der Waals surface area contributed by atoms with Gasteiger partial charge in [-0.15, -0.1) is 0 Å². The molecule has 1 saturated carbocycles. The van der Waals surface area contributed by atoms with Crippen LogP contribution in [0.3, 0.4) is 0 Å². The van der Waals surface area contributed by atoms with Crippen molar-refractivity contribution < 1.29 is 12.8 Å². The zero-order valence-electron chi connectivity index (χ0n) is 9.23. The quantitative estimate of drug-likeness (QED) is 0.922. The molecule has 96 valence electrons. The van der Waals surface area contributed by atoms with Crippen LogP contribution in [-0.2, 0) is 10.0 Å². The number of sulfonamides is 1. The lowest BCUT2D eigenvalue weighted by atomic mass is 10.2. The van der Waals surface area contributed by atoms with Gasteiger partial charge in [-0.3, -0.25) is 0 Å². The fourth-order valence-electron chi connectivity index (χ4n) is 1.57. The summed E-state index contributed by atoms with van der Waals surface area (Å²) in [6, 6.07) is 4.20. The molecule has 18 heavy (non-hydrogen) atoms. The Morgan fingerprint density at radius 1 is 1.50 bits per heavy atom. The minimum Gasteiger partial charge on any atom is -0.207 e. The van der Waals surface area contributed by atoms with Gasteiger partial charge < -0.3 is 0 Å². The first-order chi connectivity index (χ1) is 8.44. The molecule has 1 aromatic rings. The summed E-state index contributed by atoms with van der Waals surface area (Å²) in [5.41, 5.74) is 0. The summed E-state index contributed by atoms with van der Waals surface area (Å²) in [5.74, 6) is -0.656. The van der Waals surface area contributed by atoms with Crippen molar-refractivity contribution in [3.8, 4) is 6.07 Å². The van der Waals surface area contributed by atoms with Crippen LogP contribution in [0.2, 0.25) is 5.02 Å². The molecule has 0 saturated heterocycles. The molecule has 0 radical (unpaired) electrons. The van der Waals surface area contributed by atoms with Gasteiger partial charge in [-0.1, -0.05) is 11.6 Å². The molecule has 0 amide bonds. The summed E-state index contributed by atoms with van der Waals surface area (Å²) < 4.78 is 39.3. The minimum absolute atomic E-state index is 0.0390. The molecule has 0 spiro atoms. The molecule has 0 bridgehead atoms. The van der Waals surface area contributed by atoms with E-state index in [1.165, 1.54) is 6.07 Å². The second-order valence-electron chi connectivity index (χ2n) is 4.14. The van der Waals surface area contributed by atoms with E-state index in [9.17, 15) is 12.8 Å². The van der Waals surface area contributed by atoms with E-state index in [-0.39, 0.29) is 15.8 Å². The molecule has 1 atom stereocenters. The Kier molecular flexibility index (Phi) is 3.57. The molecule has 1 aliphatic carbocycles. The summed E-state index contributed by atoms with van der Waals surface area (Å²) >= 11 is 5.73. The van der Waals surface area contributed by atoms with Gasteiger partial charge in [0.25, 0.3) is 0 Å². The maximum atomic E-state index is 13.1. The van der Waals surface area contributed by atoms with Crippen LogP contribution in [-0.4, -0.2) is 14.5 Å². The van der Waals surface area contributed by atoms with E-state index in [2.05, 4.69) is 4.72 Å². The number of nitriles is 1. The summed E-state index contributed by atoms with van der Waals surface area (Å²) in [4.78, 5) is -0.343. The Morgan fingerprint density at radius 3 is 2.72 bits per heavy atom. The molecule has 0 aliphatic heterocycles. The van der Waals surface area contributed by atoms with E-state index in [0.29, 0.717) is 0 Å². The van der Waals surface area contributed by atoms with Gasteiger partial charge in [-0.05, 0) is 37.0 Å². The normalized spacial score (nSPS) is 17.2. The van der Waals surface area contributed by atoms with Crippen molar-refractivity contribution in [1.29, 1.82) is 5.26 Å². The fourth-order valence-corrected chi connectivity index (χ4v) is 3.29. The van der Waals surface area contributed by atoms with E-state index < -0.39 is 21.9 Å². The van der Waals surface area contributed by atoms with Gasteiger partial charge in [0.15, 0.2) is 0 Å². The molecule has 1 unspecified atom stereocenters. The van der Waals surface area contributed by atoms with E-state index in [4.69, 9.17) is 16.9 Å². The maximum absolute atomic E-state index is 13.1. The van der Waals surface area contributed by atoms with E-state index >= 15 is 0 Å². The molecule has 1 aliphatic rings. The molecule has 0 aromatic heterocycles. The second-order valence-corrected chi connectivity index (χ2v) is 6.23. The second kappa shape index (κ2) is 4.84. The Balaban J connectivity index is 2.30. The molecule has 1 aromatic carbocycles. The average Bonchev–Trinajstić information content (AvgIpc) is 3.13. The van der Waals surface area contributed by atoms with Crippen molar-refractivity contribution in [2.75, 3.05) is 0 Å². The van der Waals surface area contributed by atoms with Crippen LogP contribution in [0.15, 0.2) is 23.1 Å². The number of benzene rings is 1. The van der Waals surface area contributed by atoms with E-state index in [1.54, 1.807) is 0 Å². The summed E-state index contributed by atoms with van der Waals surface area (Å²) in [7, 11) is -3.97. The van der Waals surface area contributed by atoms with Gasteiger partial charge in [0.05, 0.1) is 11.1 Å². The molecule has 1 fully saturated rings. The number of hydrogen-bond acceptors (Lipinski definition) is 3. The van der Waals surface area contributed by atoms with Crippen molar-refractivity contribution in [2.45, 2.75) is 23.8 Å².